The van der Waals surface area contributed by atoms with Crippen LogP contribution in [0.5, 0.6) is 0 Å². The van der Waals surface area contributed by atoms with E-state index >= 15 is 0 Å². The van der Waals surface area contributed by atoms with Gasteiger partial charge in [0.25, 0.3) is 0 Å². The summed E-state index contributed by atoms with van der Waals surface area (Å²) >= 11 is 0. The lowest BCUT2D eigenvalue weighted by Crippen LogP contribution is -2.37. The lowest BCUT2D eigenvalue weighted by Gasteiger charge is -2.12. The molecule has 0 radical (unpaired) electrons. The molecule has 0 unspecified atom stereocenters. The van der Waals surface area contributed by atoms with E-state index in [9.17, 15) is 14.4 Å². The van der Waals surface area contributed by atoms with Crippen molar-refractivity contribution in [3.8, 4) is 0 Å². The standard InChI is InChI=1S/C14H20N4O3/c1-4-12(19)17-10-6-5-9(2)11(7-10)18-14(21)16-8-13(20)15-3/h5-7H,4,8H2,1-3H3,(H,15,20)(H,17,19)(H2,16,18,21). The molecule has 0 saturated carbocycles. The zero-order valence-electron chi connectivity index (χ0n) is 12.4. The Morgan fingerprint density at radius 2 is 1.81 bits per heavy atom. The van der Waals surface area contributed by atoms with E-state index in [2.05, 4.69) is 21.3 Å². The largest absolute Gasteiger partial charge is 0.358 e. The van der Waals surface area contributed by atoms with Crippen LogP contribution in [-0.2, 0) is 9.59 Å². The van der Waals surface area contributed by atoms with Gasteiger partial charge in [-0.2, -0.15) is 0 Å². The smallest absolute Gasteiger partial charge is 0.319 e. The first-order valence-electron chi connectivity index (χ1n) is 6.62. The quantitative estimate of drug-likeness (QED) is 0.656. The summed E-state index contributed by atoms with van der Waals surface area (Å²) in [5.41, 5.74) is 2.02. The van der Waals surface area contributed by atoms with Gasteiger partial charge in [0.05, 0.1) is 6.54 Å². The van der Waals surface area contributed by atoms with Crippen molar-refractivity contribution in [1.82, 2.24) is 10.6 Å². The number of hydrogen-bond donors (Lipinski definition) is 4. The van der Waals surface area contributed by atoms with Gasteiger partial charge in [-0.1, -0.05) is 13.0 Å². The van der Waals surface area contributed by atoms with Crippen LogP contribution in [0.25, 0.3) is 0 Å². The first-order chi connectivity index (χ1) is 9.96. The van der Waals surface area contributed by atoms with Gasteiger partial charge < -0.3 is 21.3 Å². The molecular formula is C14H20N4O3. The van der Waals surface area contributed by atoms with E-state index in [1.807, 2.05) is 6.92 Å². The van der Waals surface area contributed by atoms with Crippen LogP contribution in [0.4, 0.5) is 16.2 Å². The first kappa shape index (κ1) is 16.5. The highest BCUT2D eigenvalue weighted by Crippen LogP contribution is 2.20. The number of anilines is 2. The van der Waals surface area contributed by atoms with Crippen LogP contribution in [-0.4, -0.2) is 31.4 Å². The number of aryl methyl sites for hydroxylation is 1. The highest BCUT2D eigenvalue weighted by molar-refractivity contribution is 5.95. The van der Waals surface area contributed by atoms with E-state index in [0.717, 1.165) is 5.56 Å². The first-order valence-corrected chi connectivity index (χ1v) is 6.62. The normalized spacial score (nSPS) is 9.67. The molecule has 7 heteroatoms. The minimum absolute atomic E-state index is 0.103. The molecule has 0 heterocycles. The minimum atomic E-state index is -0.485. The molecule has 0 atom stereocenters. The third-order valence-corrected chi connectivity index (χ3v) is 2.78. The lowest BCUT2D eigenvalue weighted by molar-refractivity contribution is -0.119. The Labute approximate surface area is 123 Å². The zero-order valence-corrected chi connectivity index (χ0v) is 12.4. The van der Waals surface area contributed by atoms with E-state index < -0.39 is 6.03 Å². The summed E-state index contributed by atoms with van der Waals surface area (Å²) in [7, 11) is 1.49. The molecule has 1 rings (SSSR count). The third-order valence-electron chi connectivity index (χ3n) is 2.78. The van der Waals surface area contributed by atoms with Crippen LogP contribution in [0.1, 0.15) is 18.9 Å². The van der Waals surface area contributed by atoms with Gasteiger partial charge in [0, 0.05) is 24.8 Å². The van der Waals surface area contributed by atoms with Crippen LogP contribution < -0.4 is 21.3 Å². The molecule has 21 heavy (non-hydrogen) atoms. The van der Waals surface area contributed by atoms with E-state index in [-0.39, 0.29) is 18.4 Å². The second-order valence-corrected chi connectivity index (χ2v) is 4.41. The number of likely N-dealkylation sites (N-methyl/N-ethyl adjacent to an activating group) is 1. The average molecular weight is 292 g/mol. The van der Waals surface area contributed by atoms with E-state index in [1.165, 1.54) is 7.05 Å². The number of benzene rings is 1. The van der Waals surface area contributed by atoms with Crippen molar-refractivity contribution < 1.29 is 14.4 Å². The van der Waals surface area contributed by atoms with Crippen LogP contribution in [0.2, 0.25) is 0 Å². The SMILES string of the molecule is CCC(=O)Nc1ccc(C)c(NC(=O)NCC(=O)NC)c1. The molecule has 0 bridgehead atoms. The van der Waals surface area contributed by atoms with Crippen LogP contribution >= 0.6 is 0 Å². The molecule has 0 aromatic heterocycles. The highest BCUT2D eigenvalue weighted by atomic mass is 16.2. The summed E-state index contributed by atoms with van der Waals surface area (Å²) < 4.78 is 0. The van der Waals surface area contributed by atoms with Crippen molar-refractivity contribution in [2.24, 2.45) is 0 Å². The Balaban J connectivity index is 2.69. The maximum atomic E-state index is 11.7. The fourth-order valence-electron chi connectivity index (χ4n) is 1.50. The predicted molar refractivity (Wildman–Crippen MR) is 81.2 cm³/mol. The molecule has 0 aliphatic rings. The molecule has 1 aromatic carbocycles. The topological polar surface area (TPSA) is 99.3 Å². The molecule has 0 saturated heterocycles. The van der Waals surface area contributed by atoms with Crippen molar-refractivity contribution >= 4 is 29.2 Å². The second kappa shape index (κ2) is 7.88. The number of hydrogen-bond acceptors (Lipinski definition) is 3. The van der Waals surface area contributed by atoms with Crippen molar-refractivity contribution in [2.75, 3.05) is 24.2 Å². The van der Waals surface area contributed by atoms with Crippen molar-refractivity contribution in [3.05, 3.63) is 23.8 Å². The zero-order chi connectivity index (χ0) is 15.8. The van der Waals surface area contributed by atoms with Gasteiger partial charge in [-0.05, 0) is 24.6 Å². The molecule has 114 valence electrons. The summed E-state index contributed by atoms with van der Waals surface area (Å²) in [5, 5.41) is 10.2. The second-order valence-electron chi connectivity index (χ2n) is 4.41. The molecule has 4 N–H and O–H groups in total. The molecular weight excluding hydrogens is 272 g/mol. The van der Waals surface area contributed by atoms with Crippen molar-refractivity contribution in [1.29, 1.82) is 0 Å². The van der Waals surface area contributed by atoms with E-state index in [0.29, 0.717) is 17.8 Å². The van der Waals surface area contributed by atoms with E-state index in [4.69, 9.17) is 0 Å². The summed E-state index contributed by atoms with van der Waals surface area (Å²) in [6, 6.07) is 4.74. The minimum Gasteiger partial charge on any atom is -0.358 e. The fourth-order valence-corrected chi connectivity index (χ4v) is 1.50. The molecule has 0 fully saturated rings. The Hall–Kier alpha value is -2.57. The number of urea groups is 1. The maximum absolute atomic E-state index is 11.7. The average Bonchev–Trinajstić information content (AvgIpc) is 2.47. The maximum Gasteiger partial charge on any atom is 0.319 e. The van der Waals surface area contributed by atoms with Gasteiger partial charge >= 0.3 is 6.03 Å². The van der Waals surface area contributed by atoms with Crippen LogP contribution in [0, 0.1) is 6.92 Å². The molecule has 0 spiro atoms. The predicted octanol–water partition coefficient (Wildman–Crippen LogP) is 1.21. The Kier molecular flexibility index (Phi) is 6.19. The van der Waals surface area contributed by atoms with Gasteiger partial charge in [0.15, 0.2) is 0 Å². The van der Waals surface area contributed by atoms with E-state index in [1.54, 1.807) is 25.1 Å². The Morgan fingerprint density at radius 3 is 2.43 bits per heavy atom. The van der Waals surface area contributed by atoms with Crippen LogP contribution in [0.15, 0.2) is 18.2 Å². The summed E-state index contributed by atoms with van der Waals surface area (Å²) in [6.07, 6.45) is 0.378. The third kappa shape index (κ3) is 5.52. The highest BCUT2D eigenvalue weighted by Gasteiger charge is 2.08. The molecule has 4 amide bonds. The molecule has 0 aliphatic carbocycles. The molecule has 7 nitrogen and oxygen atoms in total. The Morgan fingerprint density at radius 1 is 1.10 bits per heavy atom. The number of amides is 4. The Bertz CT molecular complexity index is 543. The number of rotatable bonds is 5. The summed E-state index contributed by atoms with van der Waals surface area (Å²) in [6.45, 7) is 3.49. The van der Waals surface area contributed by atoms with Gasteiger partial charge in [0.1, 0.15) is 0 Å². The molecule has 0 aliphatic heterocycles. The van der Waals surface area contributed by atoms with Crippen molar-refractivity contribution in [2.45, 2.75) is 20.3 Å². The number of carbonyl (C=O) groups excluding carboxylic acids is 3. The number of carbonyl (C=O) groups is 3. The summed E-state index contributed by atoms with van der Waals surface area (Å²) in [4.78, 5) is 34.1. The summed E-state index contributed by atoms with van der Waals surface area (Å²) in [5.74, 6) is -0.389. The molecule has 1 aromatic rings. The monoisotopic (exact) mass is 292 g/mol. The van der Waals surface area contributed by atoms with Crippen molar-refractivity contribution in [3.63, 3.8) is 0 Å². The lowest BCUT2D eigenvalue weighted by atomic mass is 10.2. The fraction of sp³-hybridized carbons (Fsp3) is 0.357. The van der Waals surface area contributed by atoms with Gasteiger partial charge in [-0.3, -0.25) is 9.59 Å². The number of nitrogens with one attached hydrogen (secondary N) is 4. The van der Waals surface area contributed by atoms with Gasteiger partial charge in [-0.15, -0.1) is 0 Å². The van der Waals surface area contributed by atoms with Gasteiger partial charge in [-0.25, -0.2) is 4.79 Å². The van der Waals surface area contributed by atoms with Crippen LogP contribution in [0.3, 0.4) is 0 Å². The van der Waals surface area contributed by atoms with Gasteiger partial charge in [0.2, 0.25) is 11.8 Å².